The molecule has 0 saturated carbocycles. The number of hydrogen-bond acceptors (Lipinski definition) is 5. The molecule has 1 aromatic heterocycles. The second-order valence-electron chi connectivity index (χ2n) is 6.99. The first kappa shape index (κ1) is 19.2. The maximum absolute atomic E-state index is 12.9. The third-order valence-corrected chi connectivity index (χ3v) is 4.28. The van der Waals surface area contributed by atoms with E-state index in [2.05, 4.69) is 10.4 Å². The minimum absolute atomic E-state index is 0.0830. The van der Waals surface area contributed by atoms with Gasteiger partial charge in [-0.15, -0.1) is 0 Å². The molecule has 0 saturated heterocycles. The molecule has 0 fully saturated rings. The number of anilines is 1. The molecule has 0 aliphatic carbocycles. The molecule has 3 aromatic rings. The van der Waals surface area contributed by atoms with Crippen molar-refractivity contribution in [1.29, 1.82) is 0 Å². The summed E-state index contributed by atoms with van der Waals surface area (Å²) < 4.78 is 1.29. The zero-order valence-corrected chi connectivity index (χ0v) is 15.8. The van der Waals surface area contributed by atoms with Crippen LogP contribution in [0.2, 0.25) is 0 Å². The second-order valence-corrected chi connectivity index (χ2v) is 6.99. The van der Waals surface area contributed by atoms with Crippen LogP contribution in [0.4, 0.5) is 11.4 Å². The Bertz CT molecular complexity index is 1130. The fraction of sp³-hybridized carbons (Fsp3) is 0.250. The summed E-state index contributed by atoms with van der Waals surface area (Å²) in [6, 6.07) is 11.2. The number of carbonyl (C=O) groups excluding carboxylic acids is 1. The minimum Gasteiger partial charge on any atom is -0.320 e. The lowest BCUT2D eigenvalue weighted by molar-refractivity contribution is -0.385. The smallest absolute Gasteiger partial charge is 0.276 e. The highest BCUT2D eigenvalue weighted by Gasteiger charge is 2.19. The SMILES string of the molecule is Cc1ccc(NC(=O)c2nn(CC(C)C)c(=O)c3ccccc23)cc1[N+](=O)[O-]. The number of rotatable bonds is 5. The van der Waals surface area contributed by atoms with Gasteiger partial charge >= 0.3 is 0 Å². The Kier molecular flexibility index (Phi) is 5.21. The zero-order chi connectivity index (χ0) is 20.4. The van der Waals surface area contributed by atoms with Crippen molar-refractivity contribution in [3.8, 4) is 0 Å². The van der Waals surface area contributed by atoms with Gasteiger partial charge in [0.05, 0.1) is 10.3 Å². The molecule has 0 unspecified atom stereocenters. The molecular weight excluding hydrogens is 360 g/mol. The van der Waals surface area contributed by atoms with Crippen molar-refractivity contribution in [2.24, 2.45) is 5.92 Å². The maximum Gasteiger partial charge on any atom is 0.276 e. The molecule has 2 aromatic carbocycles. The van der Waals surface area contributed by atoms with Crippen molar-refractivity contribution in [3.05, 3.63) is 74.2 Å². The number of carbonyl (C=O) groups is 1. The molecule has 0 spiro atoms. The number of aromatic nitrogens is 2. The normalized spacial score (nSPS) is 11.0. The van der Waals surface area contributed by atoms with Gasteiger partial charge in [-0.3, -0.25) is 19.7 Å². The van der Waals surface area contributed by atoms with Gasteiger partial charge in [-0.25, -0.2) is 4.68 Å². The summed E-state index contributed by atoms with van der Waals surface area (Å²) >= 11 is 0. The third kappa shape index (κ3) is 3.75. The topological polar surface area (TPSA) is 107 Å². The molecule has 0 bridgehead atoms. The molecule has 1 amide bonds. The first-order valence-electron chi connectivity index (χ1n) is 8.84. The van der Waals surface area contributed by atoms with Crippen LogP contribution in [0.3, 0.4) is 0 Å². The molecular formula is C20H20N4O4. The molecule has 0 radical (unpaired) electrons. The summed E-state index contributed by atoms with van der Waals surface area (Å²) in [5.41, 5.74) is 0.540. The number of amides is 1. The van der Waals surface area contributed by atoms with E-state index in [0.717, 1.165) is 0 Å². The van der Waals surface area contributed by atoms with Crippen LogP contribution < -0.4 is 10.9 Å². The summed E-state index contributed by atoms with van der Waals surface area (Å²) in [6.45, 7) is 5.91. The molecule has 1 N–H and O–H groups in total. The van der Waals surface area contributed by atoms with E-state index < -0.39 is 10.8 Å². The van der Waals surface area contributed by atoms with E-state index in [1.54, 1.807) is 43.3 Å². The van der Waals surface area contributed by atoms with Crippen molar-refractivity contribution in [1.82, 2.24) is 9.78 Å². The highest BCUT2D eigenvalue weighted by Crippen LogP contribution is 2.23. The standard InChI is InChI=1S/C20H20N4O4/c1-12(2)11-23-20(26)16-7-5-4-6-15(16)18(22-23)19(25)21-14-9-8-13(3)17(10-14)24(27)28/h4-10,12H,11H2,1-3H3,(H,21,25). The monoisotopic (exact) mass is 380 g/mol. The van der Waals surface area contributed by atoms with Crippen LogP contribution in [-0.2, 0) is 6.54 Å². The van der Waals surface area contributed by atoms with Crippen molar-refractivity contribution >= 4 is 28.1 Å². The predicted octanol–water partition coefficient (Wildman–Crippen LogP) is 3.52. The van der Waals surface area contributed by atoms with Crippen LogP contribution in [0.1, 0.15) is 29.9 Å². The molecule has 8 heteroatoms. The predicted molar refractivity (Wildman–Crippen MR) is 107 cm³/mol. The average Bonchev–Trinajstić information content (AvgIpc) is 2.65. The Labute approximate surface area is 161 Å². The first-order valence-corrected chi connectivity index (χ1v) is 8.84. The van der Waals surface area contributed by atoms with Crippen LogP contribution >= 0.6 is 0 Å². The van der Waals surface area contributed by atoms with Crippen LogP contribution in [0.5, 0.6) is 0 Å². The van der Waals surface area contributed by atoms with E-state index in [9.17, 15) is 19.7 Å². The summed E-state index contributed by atoms with van der Waals surface area (Å²) in [7, 11) is 0. The number of nitro benzene ring substituents is 1. The van der Waals surface area contributed by atoms with Crippen molar-refractivity contribution < 1.29 is 9.72 Å². The molecule has 1 heterocycles. The Morgan fingerprint density at radius 3 is 2.54 bits per heavy atom. The van der Waals surface area contributed by atoms with Crippen LogP contribution in [0, 0.1) is 23.0 Å². The number of aryl methyl sites for hydroxylation is 1. The van der Waals surface area contributed by atoms with Gasteiger partial charge in [0.2, 0.25) is 0 Å². The van der Waals surface area contributed by atoms with Gasteiger partial charge in [-0.1, -0.05) is 38.1 Å². The minimum atomic E-state index is -0.535. The molecule has 0 aliphatic heterocycles. The van der Waals surface area contributed by atoms with E-state index in [1.165, 1.54) is 10.7 Å². The van der Waals surface area contributed by atoms with E-state index in [1.807, 2.05) is 13.8 Å². The molecule has 8 nitrogen and oxygen atoms in total. The lowest BCUT2D eigenvalue weighted by Gasteiger charge is -2.13. The number of fused-ring (bicyclic) bond motifs is 1. The Morgan fingerprint density at radius 1 is 1.21 bits per heavy atom. The second kappa shape index (κ2) is 7.59. The van der Waals surface area contributed by atoms with E-state index in [-0.39, 0.29) is 28.5 Å². The van der Waals surface area contributed by atoms with Crippen LogP contribution in [0.25, 0.3) is 10.8 Å². The third-order valence-electron chi connectivity index (χ3n) is 4.28. The Balaban J connectivity index is 2.06. The van der Waals surface area contributed by atoms with E-state index in [0.29, 0.717) is 22.9 Å². The Hall–Kier alpha value is -3.55. The van der Waals surface area contributed by atoms with Crippen LogP contribution in [-0.4, -0.2) is 20.6 Å². The molecule has 28 heavy (non-hydrogen) atoms. The van der Waals surface area contributed by atoms with Gasteiger partial charge in [0.25, 0.3) is 17.2 Å². The summed E-state index contributed by atoms with van der Waals surface area (Å²) in [6.07, 6.45) is 0. The highest BCUT2D eigenvalue weighted by atomic mass is 16.6. The largest absolute Gasteiger partial charge is 0.320 e. The van der Waals surface area contributed by atoms with Crippen LogP contribution in [0.15, 0.2) is 47.3 Å². The lowest BCUT2D eigenvalue weighted by atomic mass is 10.1. The van der Waals surface area contributed by atoms with Gasteiger partial charge in [-0.05, 0) is 25.0 Å². The molecule has 0 atom stereocenters. The summed E-state index contributed by atoms with van der Waals surface area (Å²) in [5.74, 6) is -0.367. The van der Waals surface area contributed by atoms with Crippen molar-refractivity contribution in [2.45, 2.75) is 27.3 Å². The van der Waals surface area contributed by atoms with Crippen molar-refractivity contribution in [2.75, 3.05) is 5.32 Å². The summed E-state index contributed by atoms with van der Waals surface area (Å²) in [4.78, 5) is 36.2. The van der Waals surface area contributed by atoms with E-state index in [4.69, 9.17) is 0 Å². The summed E-state index contributed by atoms with van der Waals surface area (Å²) in [5, 5.41) is 18.9. The lowest BCUT2D eigenvalue weighted by Crippen LogP contribution is -2.29. The first-order chi connectivity index (χ1) is 13.3. The van der Waals surface area contributed by atoms with Crippen molar-refractivity contribution in [3.63, 3.8) is 0 Å². The number of nitrogens with zero attached hydrogens (tertiary/aromatic N) is 3. The average molecular weight is 380 g/mol. The quantitative estimate of drug-likeness (QED) is 0.538. The van der Waals surface area contributed by atoms with Gasteiger partial charge in [0.1, 0.15) is 0 Å². The van der Waals surface area contributed by atoms with Gasteiger partial charge < -0.3 is 5.32 Å². The number of hydrogen-bond donors (Lipinski definition) is 1. The number of nitro groups is 1. The fourth-order valence-corrected chi connectivity index (χ4v) is 2.95. The van der Waals surface area contributed by atoms with E-state index >= 15 is 0 Å². The van der Waals surface area contributed by atoms with Gasteiger partial charge in [-0.2, -0.15) is 5.10 Å². The maximum atomic E-state index is 12.9. The number of nitrogens with one attached hydrogen (secondary N) is 1. The molecule has 144 valence electrons. The molecule has 3 rings (SSSR count). The zero-order valence-electron chi connectivity index (χ0n) is 15.8. The Morgan fingerprint density at radius 2 is 1.89 bits per heavy atom. The fourth-order valence-electron chi connectivity index (χ4n) is 2.95. The van der Waals surface area contributed by atoms with Gasteiger partial charge in [0, 0.05) is 29.2 Å². The number of benzene rings is 2. The van der Waals surface area contributed by atoms with Gasteiger partial charge in [0.15, 0.2) is 5.69 Å². The molecule has 0 aliphatic rings. The highest BCUT2D eigenvalue weighted by molar-refractivity contribution is 6.11.